The van der Waals surface area contributed by atoms with Crippen LogP contribution in [0.3, 0.4) is 0 Å². The van der Waals surface area contributed by atoms with Crippen molar-refractivity contribution in [1.82, 2.24) is 20.2 Å². The van der Waals surface area contributed by atoms with Crippen LogP contribution in [0.2, 0.25) is 0 Å². The van der Waals surface area contributed by atoms with E-state index in [9.17, 15) is 4.79 Å². The summed E-state index contributed by atoms with van der Waals surface area (Å²) < 4.78 is 6.90. The molecule has 0 bridgehead atoms. The van der Waals surface area contributed by atoms with E-state index in [0.717, 1.165) is 11.3 Å². The fourth-order valence-electron chi connectivity index (χ4n) is 2.58. The predicted molar refractivity (Wildman–Crippen MR) is 93.8 cm³/mol. The van der Waals surface area contributed by atoms with E-state index in [1.54, 1.807) is 19.2 Å². The third-order valence-electron chi connectivity index (χ3n) is 3.93. The van der Waals surface area contributed by atoms with Crippen LogP contribution < -0.4 is 10.1 Å². The molecule has 3 rings (SSSR count). The molecule has 1 aromatic heterocycles. The molecule has 3 aromatic rings. The highest BCUT2D eigenvalue weighted by Gasteiger charge is 2.14. The number of hydrogen-bond donors (Lipinski definition) is 1. The average molecular weight is 337 g/mol. The standard InChI is InChI=1S/C18H19N5O2/c1-13(14-6-4-3-5-7-14)10-18(24)20-16-9-8-15(11-17(16)25-2)23-12-19-21-22-23/h3-9,11-13H,10H2,1-2H3,(H,20,24)/t13-/m1/s1. The lowest BCUT2D eigenvalue weighted by Gasteiger charge is -2.14. The summed E-state index contributed by atoms with van der Waals surface area (Å²) in [6, 6.07) is 15.3. The number of hydrogen-bond acceptors (Lipinski definition) is 5. The smallest absolute Gasteiger partial charge is 0.225 e. The Morgan fingerprint density at radius 2 is 2.04 bits per heavy atom. The van der Waals surface area contributed by atoms with Gasteiger partial charge in [-0.3, -0.25) is 4.79 Å². The zero-order chi connectivity index (χ0) is 17.6. The first-order valence-electron chi connectivity index (χ1n) is 7.93. The molecule has 0 fully saturated rings. The minimum Gasteiger partial charge on any atom is -0.494 e. The molecule has 0 unspecified atom stereocenters. The molecule has 0 saturated heterocycles. The van der Waals surface area contributed by atoms with Gasteiger partial charge in [-0.2, -0.15) is 0 Å². The fourth-order valence-corrected chi connectivity index (χ4v) is 2.58. The molecule has 0 aliphatic carbocycles. The Bertz CT molecular complexity index is 834. The van der Waals surface area contributed by atoms with Crippen molar-refractivity contribution >= 4 is 11.6 Å². The van der Waals surface area contributed by atoms with E-state index in [-0.39, 0.29) is 11.8 Å². The van der Waals surface area contributed by atoms with E-state index in [1.807, 2.05) is 43.3 Å². The highest BCUT2D eigenvalue weighted by atomic mass is 16.5. The lowest BCUT2D eigenvalue weighted by atomic mass is 9.97. The quantitative estimate of drug-likeness (QED) is 0.748. The Labute approximate surface area is 145 Å². The Morgan fingerprint density at radius 3 is 2.72 bits per heavy atom. The monoisotopic (exact) mass is 337 g/mol. The summed E-state index contributed by atoms with van der Waals surface area (Å²) in [5.41, 5.74) is 2.50. The molecule has 0 radical (unpaired) electrons. The van der Waals surface area contributed by atoms with Crippen LogP contribution in [0.1, 0.15) is 24.8 Å². The van der Waals surface area contributed by atoms with Crippen LogP contribution in [0.15, 0.2) is 54.9 Å². The van der Waals surface area contributed by atoms with Gasteiger partial charge in [0, 0.05) is 12.5 Å². The number of nitrogens with one attached hydrogen (secondary N) is 1. The summed E-state index contributed by atoms with van der Waals surface area (Å²) in [6.45, 7) is 2.03. The number of ether oxygens (including phenoxy) is 1. The third kappa shape index (κ3) is 4.00. The van der Waals surface area contributed by atoms with Crippen LogP contribution in [0.4, 0.5) is 5.69 Å². The van der Waals surface area contributed by atoms with Gasteiger partial charge >= 0.3 is 0 Å². The topological polar surface area (TPSA) is 81.9 Å². The van der Waals surface area contributed by atoms with Crippen molar-refractivity contribution in [3.05, 3.63) is 60.4 Å². The lowest BCUT2D eigenvalue weighted by molar-refractivity contribution is -0.116. The molecule has 0 aliphatic heterocycles. The molecule has 1 amide bonds. The Hall–Kier alpha value is -3.22. The van der Waals surface area contributed by atoms with E-state index in [1.165, 1.54) is 11.0 Å². The van der Waals surface area contributed by atoms with E-state index in [4.69, 9.17) is 4.74 Å². The van der Waals surface area contributed by atoms with Crippen LogP contribution in [-0.2, 0) is 4.79 Å². The molecule has 1 heterocycles. The van der Waals surface area contributed by atoms with Crippen molar-refractivity contribution in [2.75, 3.05) is 12.4 Å². The summed E-state index contributed by atoms with van der Waals surface area (Å²) in [4.78, 5) is 12.4. The number of rotatable bonds is 6. The zero-order valence-electron chi connectivity index (χ0n) is 14.1. The summed E-state index contributed by atoms with van der Waals surface area (Å²) >= 11 is 0. The van der Waals surface area contributed by atoms with E-state index < -0.39 is 0 Å². The molecule has 128 valence electrons. The van der Waals surface area contributed by atoms with Crippen LogP contribution >= 0.6 is 0 Å². The van der Waals surface area contributed by atoms with Gasteiger partial charge in [0.25, 0.3) is 0 Å². The van der Waals surface area contributed by atoms with Crippen molar-refractivity contribution in [2.45, 2.75) is 19.3 Å². The van der Waals surface area contributed by atoms with Crippen LogP contribution in [0, 0.1) is 0 Å². The number of amides is 1. The summed E-state index contributed by atoms with van der Waals surface area (Å²) in [5.74, 6) is 0.617. The van der Waals surface area contributed by atoms with Gasteiger partial charge in [-0.25, -0.2) is 4.68 Å². The number of anilines is 1. The van der Waals surface area contributed by atoms with Crippen LogP contribution in [-0.4, -0.2) is 33.2 Å². The maximum absolute atomic E-state index is 12.4. The van der Waals surface area contributed by atoms with Crippen molar-refractivity contribution < 1.29 is 9.53 Å². The van der Waals surface area contributed by atoms with Gasteiger partial charge in [0.15, 0.2) is 0 Å². The van der Waals surface area contributed by atoms with E-state index >= 15 is 0 Å². The zero-order valence-corrected chi connectivity index (χ0v) is 14.1. The number of methoxy groups -OCH3 is 1. The molecule has 2 aromatic carbocycles. The first-order chi connectivity index (χ1) is 12.2. The molecule has 0 spiro atoms. The van der Waals surface area contributed by atoms with Crippen molar-refractivity contribution in [3.8, 4) is 11.4 Å². The van der Waals surface area contributed by atoms with E-state index in [2.05, 4.69) is 20.8 Å². The number of tetrazole rings is 1. The molecule has 0 aliphatic rings. The third-order valence-corrected chi connectivity index (χ3v) is 3.93. The molecule has 7 nitrogen and oxygen atoms in total. The van der Waals surface area contributed by atoms with Gasteiger partial charge in [0.1, 0.15) is 12.1 Å². The van der Waals surface area contributed by atoms with E-state index in [0.29, 0.717) is 17.9 Å². The molecule has 7 heteroatoms. The number of nitrogens with zero attached hydrogens (tertiary/aromatic N) is 4. The van der Waals surface area contributed by atoms with Gasteiger partial charge in [0.2, 0.25) is 5.91 Å². The first-order valence-corrected chi connectivity index (χ1v) is 7.93. The molecule has 1 N–H and O–H groups in total. The number of carbonyl (C=O) groups excluding carboxylic acids is 1. The Kier molecular flexibility index (Phi) is 5.03. The van der Waals surface area contributed by atoms with Crippen LogP contribution in [0.25, 0.3) is 5.69 Å². The second-order valence-corrected chi connectivity index (χ2v) is 5.70. The Balaban J connectivity index is 1.70. The number of benzene rings is 2. The number of carbonyl (C=O) groups is 1. The van der Waals surface area contributed by atoms with Gasteiger partial charge < -0.3 is 10.1 Å². The second-order valence-electron chi connectivity index (χ2n) is 5.70. The van der Waals surface area contributed by atoms with Crippen molar-refractivity contribution in [2.24, 2.45) is 0 Å². The molecular formula is C18H19N5O2. The van der Waals surface area contributed by atoms with Gasteiger partial charge in [-0.1, -0.05) is 37.3 Å². The highest BCUT2D eigenvalue weighted by molar-refractivity contribution is 5.93. The minimum absolute atomic E-state index is 0.0650. The second kappa shape index (κ2) is 7.57. The average Bonchev–Trinajstić information content (AvgIpc) is 3.17. The predicted octanol–water partition coefficient (Wildman–Crippen LogP) is 2.80. The first kappa shape index (κ1) is 16.6. The van der Waals surface area contributed by atoms with Gasteiger partial charge in [0.05, 0.1) is 18.5 Å². The highest BCUT2D eigenvalue weighted by Crippen LogP contribution is 2.28. The van der Waals surface area contributed by atoms with Gasteiger partial charge in [-0.05, 0) is 34.0 Å². The number of aromatic nitrogens is 4. The van der Waals surface area contributed by atoms with Crippen molar-refractivity contribution in [3.63, 3.8) is 0 Å². The maximum Gasteiger partial charge on any atom is 0.225 e. The molecule has 0 saturated carbocycles. The largest absolute Gasteiger partial charge is 0.494 e. The molecule has 1 atom stereocenters. The summed E-state index contributed by atoms with van der Waals surface area (Å²) in [6.07, 6.45) is 1.89. The fraction of sp³-hybridized carbons (Fsp3) is 0.222. The Morgan fingerprint density at radius 1 is 1.24 bits per heavy atom. The normalized spacial score (nSPS) is 11.8. The SMILES string of the molecule is COc1cc(-n2cnnn2)ccc1NC(=O)C[C@@H](C)c1ccccc1. The summed E-state index contributed by atoms with van der Waals surface area (Å²) in [5, 5.41) is 14.0. The lowest BCUT2D eigenvalue weighted by Crippen LogP contribution is -2.15. The minimum atomic E-state index is -0.0650. The molecular weight excluding hydrogens is 318 g/mol. The maximum atomic E-state index is 12.4. The van der Waals surface area contributed by atoms with Gasteiger partial charge in [-0.15, -0.1) is 5.10 Å². The molecule has 25 heavy (non-hydrogen) atoms. The van der Waals surface area contributed by atoms with Crippen molar-refractivity contribution in [1.29, 1.82) is 0 Å². The summed E-state index contributed by atoms with van der Waals surface area (Å²) in [7, 11) is 1.56. The van der Waals surface area contributed by atoms with Crippen LogP contribution in [0.5, 0.6) is 5.75 Å².